The summed E-state index contributed by atoms with van der Waals surface area (Å²) in [5.74, 6) is -1.79. The van der Waals surface area contributed by atoms with Gasteiger partial charge >= 0.3 is 17.9 Å². The Hall–Kier alpha value is -4.47. The van der Waals surface area contributed by atoms with E-state index in [0.29, 0.717) is 21.7 Å². The van der Waals surface area contributed by atoms with Gasteiger partial charge in [-0.1, -0.05) is 72.4 Å². The Balaban J connectivity index is 1.43. The number of nitrogens with zero attached hydrogens (tertiary/aromatic N) is 1. The van der Waals surface area contributed by atoms with Crippen LogP contribution in [0.1, 0.15) is 31.1 Å². The van der Waals surface area contributed by atoms with E-state index in [2.05, 4.69) is 4.98 Å². The maximum atomic E-state index is 13.1. The van der Waals surface area contributed by atoms with Gasteiger partial charge in [0.25, 0.3) is 0 Å². The van der Waals surface area contributed by atoms with E-state index >= 15 is 0 Å². The van der Waals surface area contributed by atoms with Crippen LogP contribution < -0.4 is 0 Å². The lowest BCUT2D eigenvalue weighted by Crippen LogP contribution is -2.41. The number of pyridine rings is 1. The minimum absolute atomic E-state index is 0.237. The van der Waals surface area contributed by atoms with Gasteiger partial charge in [0.2, 0.25) is 0 Å². The number of aromatic nitrogens is 1. The van der Waals surface area contributed by atoms with E-state index in [1.54, 1.807) is 109 Å². The molecule has 8 nitrogen and oxygen atoms in total. The molecule has 0 bridgehead atoms. The van der Waals surface area contributed by atoms with Gasteiger partial charge in [0.05, 0.1) is 21.7 Å². The molecule has 1 aromatic heterocycles. The summed E-state index contributed by atoms with van der Waals surface area (Å²) in [6.45, 7) is -0.237. The number of rotatable bonds is 9. The van der Waals surface area contributed by atoms with Gasteiger partial charge < -0.3 is 18.9 Å². The molecule has 1 fully saturated rings. The Kier molecular flexibility index (Phi) is 8.85. The van der Waals surface area contributed by atoms with Crippen LogP contribution in [0, 0.1) is 0 Å². The third-order valence-electron chi connectivity index (χ3n) is 6.04. The van der Waals surface area contributed by atoms with E-state index in [4.69, 9.17) is 18.9 Å². The van der Waals surface area contributed by atoms with Crippen LogP contribution in [-0.4, -0.2) is 53.2 Å². The monoisotopic (exact) mass is 555 g/mol. The first-order valence-corrected chi connectivity index (χ1v) is 13.4. The van der Waals surface area contributed by atoms with Gasteiger partial charge in [-0.15, -0.1) is 0 Å². The van der Waals surface area contributed by atoms with Crippen molar-refractivity contribution in [2.75, 3.05) is 6.61 Å². The molecule has 40 heavy (non-hydrogen) atoms. The Bertz CT molecular complexity index is 1420. The van der Waals surface area contributed by atoms with Crippen LogP contribution in [0.15, 0.2) is 120 Å². The van der Waals surface area contributed by atoms with Gasteiger partial charge in [-0.3, -0.25) is 0 Å². The highest BCUT2D eigenvalue weighted by molar-refractivity contribution is 7.99. The zero-order valence-electron chi connectivity index (χ0n) is 21.2. The summed E-state index contributed by atoms with van der Waals surface area (Å²) >= 11 is 1.22. The van der Waals surface area contributed by atoms with Crippen molar-refractivity contribution in [3.63, 3.8) is 0 Å². The zero-order valence-corrected chi connectivity index (χ0v) is 22.0. The van der Waals surface area contributed by atoms with Crippen LogP contribution >= 0.6 is 11.8 Å². The highest BCUT2D eigenvalue weighted by Crippen LogP contribution is 2.37. The highest BCUT2D eigenvalue weighted by Gasteiger charge is 2.51. The minimum Gasteiger partial charge on any atom is -0.459 e. The van der Waals surface area contributed by atoms with Crippen LogP contribution in [0.2, 0.25) is 0 Å². The molecule has 0 radical (unpaired) electrons. The highest BCUT2D eigenvalue weighted by atomic mass is 32.2. The summed E-state index contributed by atoms with van der Waals surface area (Å²) in [6.07, 6.45) is -1.40. The maximum absolute atomic E-state index is 13.1. The molecule has 4 aromatic rings. The number of carbonyl (C=O) groups is 3. The Morgan fingerprint density at radius 1 is 0.650 bits per heavy atom. The Morgan fingerprint density at radius 3 is 1.68 bits per heavy atom. The first kappa shape index (κ1) is 27.1. The number of thioether (sulfide) groups is 1. The quantitative estimate of drug-likeness (QED) is 0.204. The fourth-order valence-corrected chi connectivity index (χ4v) is 5.13. The lowest BCUT2D eigenvalue weighted by atomic mass is 10.1. The Labute approximate surface area is 235 Å². The number of benzene rings is 3. The molecule has 5 rings (SSSR count). The van der Waals surface area contributed by atoms with Crippen LogP contribution in [0.25, 0.3) is 0 Å². The minimum atomic E-state index is -1.08. The second-order valence-electron chi connectivity index (χ2n) is 8.77. The van der Waals surface area contributed by atoms with Crippen molar-refractivity contribution in [2.24, 2.45) is 0 Å². The summed E-state index contributed by atoms with van der Waals surface area (Å²) in [5.41, 5.74) is 0.203. The van der Waals surface area contributed by atoms with E-state index in [0.717, 1.165) is 0 Å². The van der Waals surface area contributed by atoms with Gasteiger partial charge in [0, 0.05) is 6.20 Å². The van der Waals surface area contributed by atoms with Crippen molar-refractivity contribution < 1.29 is 33.3 Å². The molecule has 202 valence electrons. The normalized spacial score (nSPS) is 19.9. The van der Waals surface area contributed by atoms with Gasteiger partial charge in [-0.25, -0.2) is 19.4 Å². The van der Waals surface area contributed by atoms with E-state index in [1.807, 2.05) is 6.07 Å². The van der Waals surface area contributed by atoms with Crippen LogP contribution in [-0.2, 0) is 18.9 Å². The molecular formula is C31H25NO7S. The molecule has 9 heteroatoms. The molecule has 0 aliphatic carbocycles. The fraction of sp³-hybridized carbons (Fsp3) is 0.161. The molecule has 4 atom stereocenters. The second kappa shape index (κ2) is 13.1. The van der Waals surface area contributed by atoms with Crippen LogP contribution in [0.4, 0.5) is 0 Å². The lowest BCUT2D eigenvalue weighted by Gasteiger charge is -2.24. The average Bonchev–Trinajstić information content (AvgIpc) is 3.32. The van der Waals surface area contributed by atoms with Crippen LogP contribution in [0.5, 0.6) is 0 Å². The van der Waals surface area contributed by atoms with Crippen LogP contribution in [0.3, 0.4) is 0 Å². The van der Waals surface area contributed by atoms with Gasteiger partial charge in [0.15, 0.2) is 17.6 Å². The third-order valence-corrected chi connectivity index (χ3v) is 7.13. The molecule has 0 spiro atoms. The lowest BCUT2D eigenvalue weighted by molar-refractivity contribution is -0.0435. The van der Waals surface area contributed by atoms with Crippen molar-refractivity contribution in [3.8, 4) is 0 Å². The first-order valence-electron chi connectivity index (χ1n) is 12.6. The molecular weight excluding hydrogens is 530 g/mol. The zero-order chi connectivity index (χ0) is 27.7. The number of carbonyl (C=O) groups excluding carboxylic acids is 3. The third kappa shape index (κ3) is 6.74. The molecule has 1 unspecified atom stereocenters. The number of hydrogen-bond donors (Lipinski definition) is 0. The van der Waals surface area contributed by atoms with Crippen molar-refractivity contribution in [3.05, 3.63) is 132 Å². The maximum Gasteiger partial charge on any atom is 0.338 e. The fourth-order valence-electron chi connectivity index (χ4n) is 4.07. The summed E-state index contributed by atoms with van der Waals surface area (Å²) < 4.78 is 23.6. The predicted octanol–water partition coefficient (Wildman–Crippen LogP) is 5.21. The summed E-state index contributed by atoms with van der Waals surface area (Å²) in [4.78, 5) is 43.3. The standard InChI is InChI=1S/C31H25NO7S/c33-28(21-12-4-1-5-13-21)36-20-24-26(38-29(34)22-14-6-2-7-15-22)27(39-30(35)23-16-8-3-9-17-23)31(37-24)40-25-18-10-11-19-32-25/h1-19,24,26-27,31H,20H2/t24-,26-,27+,31?/m1/s1. The predicted molar refractivity (Wildman–Crippen MR) is 147 cm³/mol. The van der Waals surface area contributed by atoms with Gasteiger partial charge in [0.1, 0.15) is 12.7 Å². The van der Waals surface area contributed by atoms with Gasteiger partial charge in [-0.2, -0.15) is 0 Å². The Morgan fingerprint density at radius 2 is 1.15 bits per heavy atom. The molecule has 1 aliphatic rings. The number of ether oxygens (including phenoxy) is 4. The summed E-state index contributed by atoms with van der Waals surface area (Å²) in [6, 6.07) is 30.8. The van der Waals surface area contributed by atoms with Crippen molar-refractivity contribution >= 4 is 29.7 Å². The van der Waals surface area contributed by atoms with E-state index < -0.39 is 41.7 Å². The SMILES string of the molecule is O=C(OC[C@H]1OC(Sc2ccccn2)[C@@H](OC(=O)c2ccccc2)[C@@H]1OC(=O)c1ccccc1)c1ccccc1. The summed E-state index contributed by atoms with van der Waals surface area (Å²) in [5, 5.41) is 0.614. The topological polar surface area (TPSA) is 101 Å². The molecule has 1 saturated heterocycles. The van der Waals surface area contributed by atoms with E-state index in [9.17, 15) is 14.4 Å². The number of esters is 3. The second-order valence-corrected chi connectivity index (χ2v) is 9.88. The molecule has 1 aliphatic heterocycles. The van der Waals surface area contributed by atoms with E-state index in [1.165, 1.54) is 11.8 Å². The van der Waals surface area contributed by atoms with Crippen molar-refractivity contribution in [1.29, 1.82) is 0 Å². The molecule has 0 N–H and O–H groups in total. The molecule has 0 saturated carbocycles. The molecule has 2 heterocycles. The number of hydrogen-bond acceptors (Lipinski definition) is 9. The average molecular weight is 556 g/mol. The largest absolute Gasteiger partial charge is 0.459 e. The van der Waals surface area contributed by atoms with Crippen molar-refractivity contribution in [1.82, 2.24) is 4.98 Å². The van der Waals surface area contributed by atoms with Crippen molar-refractivity contribution in [2.45, 2.75) is 28.8 Å². The molecule has 0 amide bonds. The van der Waals surface area contributed by atoms with Gasteiger partial charge in [-0.05, 0) is 48.5 Å². The van der Waals surface area contributed by atoms with E-state index in [-0.39, 0.29) is 6.61 Å². The smallest absolute Gasteiger partial charge is 0.338 e. The summed E-state index contributed by atoms with van der Waals surface area (Å²) in [7, 11) is 0. The molecule has 3 aromatic carbocycles. The first-order chi connectivity index (χ1) is 19.6.